The predicted octanol–water partition coefficient (Wildman–Crippen LogP) is 17.5. The molecule has 0 fully saturated rings. The predicted molar refractivity (Wildman–Crippen MR) is 368 cm³/mol. The van der Waals surface area contributed by atoms with E-state index in [-0.39, 0.29) is 35.2 Å². The van der Waals surface area contributed by atoms with Crippen LogP contribution < -0.4 is 33.2 Å². The molecule has 0 aliphatic carbocycles. The molecule has 476 valence electrons. The van der Waals surface area contributed by atoms with Gasteiger partial charge in [0.15, 0.2) is 17.2 Å². The lowest BCUT2D eigenvalue weighted by Crippen LogP contribution is -2.14. The zero-order chi connectivity index (χ0) is 66.2. The second-order valence-corrected chi connectivity index (χ2v) is 26.0. The molecule has 9 heteroatoms. The van der Waals surface area contributed by atoms with E-state index < -0.39 is 0 Å². The van der Waals surface area contributed by atoms with E-state index >= 15 is 0 Å². The molecule has 5 aromatic carbocycles. The fraction of sp³-hybridized carbons (Fsp3) is 0.469. The molecule has 0 spiro atoms. The fourth-order valence-electron chi connectivity index (χ4n) is 8.79. The third kappa shape index (κ3) is 21.1. The summed E-state index contributed by atoms with van der Waals surface area (Å²) in [5.74, 6) is 37.7. The minimum atomic E-state index is -0.344. The maximum Gasteiger partial charge on any atom is 0.305 e. The molecule has 0 amide bonds. The Labute approximate surface area is 541 Å². The van der Waals surface area contributed by atoms with Crippen molar-refractivity contribution >= 4 is 5.97 Å². The van der Waals surface area contributed by atoms with Crippen molar-refractivity contribution < 1.29 is 42.7 Å². The van der Waals surface area contributed by atoms with Crippen LogP contribution in [0.5, 0.6) is 40.2 Å². The Balaban J connectivity index is 1.79. The van der Waals surface area contributed by atoms with Crippen LogP contribution in [-0.2, 0) is 25.8 Å². The molecule has 2 atom stereocenters. The molecular weight excluding hydrogens is 1120 g/mol. The number of carbonyl (C=O) groups is 1. The summed E-state index contributed by atoms with van der Waals surface area (Å²) in [4.78, 5) is 12.4. The van der Waals surface area contributed by atoms with E-state index in [4.69, 9.17) is 50.7 Å². The summed E-state index contributed by atoms with van der Waals surface area (Å²) >= 11 is 0. The summed E-state index contributed by atoms with van der Waals surface area (Å²) in [6, 6.07) is 20.0. The molecule has 0 bridgehead atoms. The number of benzene rings is 5. The van der Waals surface area contributed by atoms with Gasteiger partial charge in [-0.15, -0.1) is 12.8 Å². The van der Waals surface area contributed by atoms with E-state index in [0.29, 0.717) is 154 Å². The van der Waals surface area contributed by atoms with Crippen LogP contribution in [0.1, 0.15) is 241 Å². The van der Waals surface area contributed by atoms with Crippen LogP contribution in [-0.4, -0.2) is 59.3 Å². The standard InChI is InChI=1S/C81H98O9/c1-21-39-84-71-52-62(73(86-41-23-3)50-60(71)31-35-64-46-68(79(11,12)13)44-58(27-7)76(64)89-54-56(9)25-5)33-37-66-48-70(81(17,18)19)49-67(78(66)88-43-29-30-75(82)83-20)38-34-63-53-72(85-40-22-2)61(51-74(63)87-42-24-4)32-36-65-47-69(80(14,15)16)45-59(28-8)77(65)90-55-57(10)26-6/h7-8,44-53,56-57H,21-26,29-30,39-43,54-55H2,1-6,9-20H3/t56-,57-/m0/s1. The average molecular weight is 1220 g/mol. The van der Waals surface area contributed by atoms with Crippen molar-refractivity contribution in [3.05, 3.63) is 133 Å². The van der Waals surface area contributed by atoms with Gasteiger partial charge in [0.05, 0.1) is 109 Å². The first-order chi connectivity index (χ1) is 42.9. The Morgan fingerprint density at radius 1 is 0.389 bits per heavy atom. The normalized spacial score (nSPS) is 11.7. The minimum absolute atomic E-state index is 0.166. The van der Waals surface area contributed by atoms with E-state index in [9.17, 15) is 4.79 Å². The smallest absolute Gasteiger partial charge is 0.305 e. The molecule has 5 aromatic rings. The molecule has 0 aliphatic rings. The van der Waals surface area contributed by atoms with Crippen LogP contribution >= 0.6 is 0 Å². The molecule has 0 saturated heterocycles. The highest BCUT2D eigenvalue weighted by Crippen LogP contribution is 2.38. The van der Waals surface area contributed by atoms with Crippen LogP contribution in [0.25, 0.3) is 0 Å². The third-order valence-corrected chi connectivity index (χ3v) is 14.9. The lowest BCUT2D eigenvalue weighted by molar-refractivity contribution is -0.140. The van der Waals surface area contributed by atoms with Crippen molar-refractivity contribution in [2.45, 2.75) is 185 Å². The van der Waals surface area contributed by atoms with Crippen LogP contribution in [0, 0.1) is 83.9 Å². The molecular formula is C81H98O9. The lowest BCUT2D eigenvalue weighted by atomic mass is 9.84. The van der Waals surface area contributed by atoms with Crippen LogP contribution in [0.15, 0.2) is 60.7 Å². The molecule has 90 heavy (non-hydrogen) atoms. The number of rotatable bonds is 25. The SMILES string of the molecule is C#Cc1cc(C(C)(C)C)cc(C#Cc2cc(OCCC)c(C#Cc3cc(C(C)(C)C)cc(C#Cc4cc(OCCC)c(C#Cc5cc(C(C)(C)C)cc(C#C)c5OC[C@@H](C)CC)cc4OCCC)c3OCCCC(=O)OC)cc2OCCC)c1OC[C@@H](C)CC. The molecule has 0 N–H and O–H groups in total. The van der Waals surface area contributed by atoms with Crippen LogP contribution in [0.2, 0.25) is 0 Å². The maximum absolute atomic E-state index is 12.4. The van der Waals surface area contributed by atoms with Crippen molar-refractivity contribution in [3.63, 3.8) is 0 Å². The topological polar surface area (TPSA) is 90.9 Å². The Hall–Kier alpha value is -8.47. The van der Waals surface area contributed by atoms with E-state index in [1.807, 2.05) is 36.4 Å². The molecule has 0 aromatic heterocycles. The zero-order valence-electron chi connectivity index (χ0n) is 57.4. The van der Waals surface area contributed by atoms with Gasteiger partial charge in [0.2, 0.25) is 0 Å². The van der Waals surface area contributed by atoms with Gasteiger partial charge in [-0.3, -0.25) is 4.79 Å². The number of terminal acetylenes is 2. The van der Waals surface area contributed by atoms with Gasteiger partial charge in [0.1, 0.15) is 23.0 Å². The first kappa shape index (κ1) is 72.3. The van der Waals surface area contributed by atoms with Gasteiger partial charge in [-0.05, 0) is 113 Å². The maximum atomic E-state index is 12.4. The van der Waals surface area contributed by atoms with Gasteiger partial charge in [0, 0.05) is 30.7 Å². The quantitative estimate of drug-likeness (QED) is 0.0322. The molecule has 9 nitrogen and oxygen atoms in total. The van der Waals surface area contributed by atoms with Crippen molar-refractivity contribution in [1.29, 1.82) is 0 Å². The number of hydrogen-bond donors (Lipinski definition) is 0. The summed E-state index contributed by atoms with van der Waals surface area (Å²) < 4.78 is 50.7. The molecule has 0 heterocycles. The first-order valence-electron chi connectivity index (χ1n) is 32.3. The van der Waals surface area contributed by atoms with Crippen LogP contribution in [0.4, 0.5) is 0 Å². The van der Waals surface area contributed by atoms with E-state index in [2.05, 4.69) is 201 Å². The lowest BCUT2D eigenvalue weighted by Gasteiger charge is -2.22. The van der Waals surface area contributed by atoms with Gasteiger partial charge < -0.3 is 37.9 Å². The highest BCUT2D eigenvalue weighted by Gasteiger charge is 2.24. The second kappa shape index (κ2) is 34.5. The molecule has 0 saturated carbocycles. The monoisotopic (exact) mass is 1210 g/mol. The Morgan fingerprint density at radius 2 is 0.656 bits per heavy atom. The Bertz CT molecular complexity index is 3410. The van der Waals surface area contributed by atoms with Gasteiger partial charge in [-0.1, -0.05) is 190 Å². The summed E-state index contributed by atoms with van der Waals surface area (Å²) in [6.07, 6.45) is 17.9. The highest BCUT2D eigenvalue weighted by molar-refractivity contribution is 5.70. The number of methoxy groups -OCH3 is 1. The number of esters is 1. The van der Waals surface area contributed by atoms with Gasteiger partial charge in [-0.2, -0.15) is 0 Å². The Morgan fingerprint density at radius 3 is 0.900 bits per heavy atom. The van der Waals surface area contributed by atoms with Gasteiger partial charge in [-0.25, -0.2) is 0 Å². The van der Waals surface area contributed by atoms with Gasteiger partial charge >= 0.3 is 5.97 Å². The summed E-state index contributed by atoms with van der Waals surface area (Å²) in [6.45, 7) is 39.2. The van der Waals surface area contributed by atoms with E-state index in [1.165, 1.54) is 7.11 Å². The summed E-state index contributed by atoms with van der Waals surface area (Å²) in [5.41, 5.74) is 8.70. The van der Waals surface area contributed by atoms with Gasteiger partial charge in [0.25, 0.3) is 0 Å². The minimum Gasteiger partial charge on any atom is -0.492 e. The van der Waals surface area contributed by atoms with E-state index in [0.717, 1.165) is 55.2 Å². The third-order valence-electron chi connectivity index (χ3n) is 14.9. The second-order valence-electron chi connectivity index (χ2n) is 26.0. The van der Waals surface area contributed by atoms with E-state index in [1.54, 1.807) is 0 Å². The number of hydrogen-bond acceptors (Lipinski definition) is 9. The molecule has 0 unspecified atom stereocenters. The molecule has 5 rings (SSSR count). The van der Waals surface area contributed by atoms with Crippen molar-refractivity contribution in [1.82, 2.24) is 0 Å². The molecule has 0 aliphatic heterocycles. The summed E-state index contributed by atoms with van der Waals surface area (Å²) in [7, 11) is 1.38. The zero-order valence-corrected chi connectivity index (χ0v) is 57.4. The van der Waals surface area contributed by atoms with Crippen molar-refractivity contribution in [3.8, 4) is 112 Å². The Kier molecular flexibility index (Phi) is 27.7. The summed E-state index contributed by atoms with van der Waals surface area (Å²) in [5, 5.41) is 0. The van der Waals surface area contributed by atoms with Crippen LogP contribution in [0.3, 0.4) is 0 Å². The average Bonchev–Trinajstić information content (AvgIpc) is 0.982. The van der Waals surface area contributed by atoms with Crippen molar-refractivity contribution in [2.75, 3.05) is 53.4 Å². The number of ether oxygens (including phenoxy) is 8. The highest BCUT2D eigenvalue weighted by atomic mass is 16.5. The largest absolute Gasteiger partial charge is 0.492 e. The van der Waals surface area contributed by atoms with Crippen molar-refractivity contribution in [2.24, 2.45) is 11.8 Å². The fourth-order valence-corrected chi connectivity index (χ4v) is 8.79. The first-order valence-corrected chi connectivity index (χ1v) is 32.3. The molecule has 0 radical (unpaired) electrons. The number of carbonyl (C=O) groups excluding carboxylic acids is 1.